The number of urea groups is 1. The van der Waals surface area contributed by atoms with Gasteiger partial charge in [-0.1, -0.05) is 23.2 Å². The van der Waals surface area contributed by atoms with Crippen LogP contribution >= 0.6 is 23.2 Å². The van der Waals surface area contributed by atoms with Gasteiger partial charge in [-0.15, -0.1) is 0 Å². The van der Waals surface area contributed by atoms with Crippen LogP contribution in [0.3, 0.4) is 0 Å². The smallest absolute Gasteiger partial charge is 0.321 e. The highest BCUT2D eigenvalue weighted by Gasteiger charge is 2.27. The third-order valence-electron chi connectivity index (χ3n) is 3.30. The minimum Gasteiger partial charge on any atom is -0.481 e. The maximum Gasteiger partial charge on any atom is 0.321 e. The lowest BCUT2D eigenvalue weighted by molar-refractivity contribution is -0.143. The summed E-state index contributed by atoms with van der Waals surface area (Å²) in [6, 6.07) is 4.54. The first-order valence-corrected chi connectivity index (χ1v) is 6.97. The number of likely N-dealkylation sites (tertiary alicyclic amines) is 1. The van der Waals surface area contributed by atoms with Gasteiger partial charge in [-0.2, -0.15) is 0 Å². The molecule has 1 aliphatic heterocycles. The summed E-state index contributed by atoms with van der Waals surface area (Å²) in [5, 5.41) is 12.5. The molecule has 0 atom stereocenters. The van der Waals surface area contributed by atoms with Crippen LogP contribution in [-0.2, 0) is 4.79 Å². The molecule has 1 heterocycles. The fourth-order valence-corrected chi connectivity index (χ4v) is 2.57. The molecule has 1 fully saturated rings. The summed E-state index contributed by atoms with van der Waals surface area (Å²) in [7, 11) is 0. The van der Waals surface area contributed by atoms with Crippen LogP contribution in [0.4, 0.5) is 10.5 Å². The van der Waals surface area contributed by atoms with E-state index in [0.717, 1.165) is 0 Å². The quantitative estimate of drug-likeness (QED) is 0.879. The summed E-state index contributed by atoms with van der Waals surface area (Å²) < 4.78 is 0. The number of hydrogen-bond acceptors (Lipinski definition) is 2. The van der Waals surface area contributed by atoms with Crippen LogP contribution in [0.15, 0.2) is 18.2 Å². The molecular weight excluding hydrogens is 303 g/mol. The first kappa shape index (κ1) is 14.9. The molecule has 0 radical (unpaired) electrons. The maximum absolute atomic E-state index is 12.1. The van der Waals surface area contributed by atoms with Crippen LogP contribution in [0.2, 0.25) is 10.0 Å². The standard InChI is InChI=1S/C13H14Cl2N2O3/c14-9-1-2-11(10(15)7-9)16-13(20)17-5-3-8(4-6-17)12(18)19/h1-2,7-8H,3-6H2,(H,16,20)(H,18,19). The number of amides is 2. The van der Waals surface area contributed by atoms with Crippen LogP contribution < -0.4 is 5.32 Å². The lowest BCUT2D eigenvalue weighted by atomic mass is 9.97. The molecule has 7 heteroatoms. The monoisotopic (exact) mass is 316 g/mol. The summed E-state index contributed by atoms with van der Waals surface area (Å²) in [4.78, 5) is 24.5. The second-order valence-corrected chi connectivity index (χ2v) is 5.50. The lowest BCUT2D eigenvalue weighted by Crippen LogP contribution is -2.42. The van der Waals surface area contributed by atoms with E-state index in [0.29, 0.717) is 41.7 Å². The Balaban J connectivity index is 1.94. The zero-order chi connectivity index (χ0) is 14.7. The zero-order valence-corrected chi connectivity index (χ0v) is 12.1. The third-order valence-corrected chi connectivity index (χ3v) is 3.85. The Hall–Kier alpha value is -1.46. The summed E-state index contributed by atoms with van der Waals surface area (Å²) in [5.41, 5.74) is 0.487. The van der Waals surface area contributed by atoms with Crippen molar-refractivity contribution in [2.45, 2.75) is 12.8 Å². The number of anilines is 1. The van der Waals surface area contributed by atoms with Gasteiger partial charge in [-0.3, -0.25) is 4.79 Å². The summed E-state index contributed by atoms with van der Waals surface area (Å²) in [5.74, 6) is -1.16. The van der Waals surface area contributed by atoms with Gasteiger partial charge in [0.2, 0.25) is 0 Å². The fraction of sp³-hybridized carbons (Fsp3) is 0.385. The molecule has 0 aromatic heterocycles. The minimum absolute atomic E-state index is 0.280. The van der Waals surface area contributed by atoms with E-state index in [2.05, 4.69) is 5.32 Å². The predicted molar refractivity (Wildman–Crippen MR) is 77.4 cm³/mol. The Morgan fingerprint density at radius 3 is 2.45 bits per heavy atom. The van der Waals surface area contributed by atoms with Gasteiger partial charge in [0, 0.05) is 18.1 Å². The molecule has 0 bridgehead atoms. The van der Waals surface area contributed by atoms with Crippen LogP contribution in [0.5, 0.6) is 0 Å². The molecule has 108 valence electrons. The summed E-state index contributed by atoms with van der Waals surface area (Å²) in [6.07, 6.45) is 0.939. The molecule has 1 aromatic carbocycles. The number of aliphatic carboxylic acids is 1. The lowest BCUT2D eigenvalue weighted by Gasteiger charge is -2.30. The number of rotatable bonds is 2. The average molecular weight is 317 g/mol. The van der Waals surface area contributed by atoms with E-state index in [9.17, 15) is 9.59 Å². The molecule has 0 unspecified atom stereocenters. The van der Waals surface area contributed by atoms with Gasteiger partial charge in [0.1, 0.15) is 0 Å². The van der Waals surface area contributed by atoms with Gasteiger partial charge < -0.3 is 15.3 Å². The topological polar surface area (TPSA) is 69.6 Å². The normalized spacial score (nSPS) is 16.0. The largest absolute Gasteiger partial charge is 0.481 e. The number of carbonyl (C=O) groups is 2. The molecule has 0 spiro atoms. The number of piperidine rings is 1. The van der Waals surface area contributed by atoms with Crippen molar-refractivity contribution in [2.24, 2.45) is 5.92 Å². The first-order chi connectivity index (χ1) is 9.47. The highest BCUT2D eigenvalue weighted by molar-refractivity contribution is 6.36. The maximum atomic E-state index is 12.1. The van der Waals surface area contributed by atoms with Gasteiger partial charge in [0.15, 0.2) is 0 Å². The van der Waals surface area contributed by atoms with Gasteiger partial charge in [0.25, 0.3) is 0 Å². The molecule has 20 heavy (non-hydrogen) atoms. The fourth-order valence-electron chi connectivity index (χ4n) is 2.11. The molecule has 1 aliphatic rings. The van der Waals surface area contributed by atoms with Gasteiger partial charge in [-0.05, 0) is 31.0 Å². The Morgan fingerprint density at radius 1 is 1.25 bits per heavy atom. The van der Waals surface area contributed by atoms with Gasteiger partial charge in [-0.25, -0.2) is 4.79 Å². The van der Waals surface area contributed by atoms with Crippen molar-refractivity contribution in [3.63, 3.8) is 0 Å². The first-order valence-electron chi connectivity index (χ1n) is 6.21. The van der Waals surface area contributed by atoms with E-state index < -0.39 is 5.97 Å². The highest BCUT2D eigenvalue weighted by Crippen LogP contribution is 2.26. The van der Waals surface area contributed by atoms with Crippen molar-refractivity contribution in [1.82, 2.24) is 4.90 Å². The van der Waals surface area contributed by atoms with Crippen LogP contribution in [0, 0.1) is 5.92 Å². The molecule has 2 rings (SSSR count). The van der Waals surface area contributed by atoms with E-state index in [-0.39, 0.29) is 11.9 Å². The second kappa shape index (κ2) is 6.33. The number of halogens is 2. The van der Waals surface area contributed by atoms with Crippen molar-refractivity contribution in [2.75, 3.05) is 18.4 Å². The molecule has 1 saturated heterocycles. The average Bonchev–Trinajstić information content (AvgIpc) is 2.42. The van der Waals surface area contributed by atoms with Crippen molar-refractivity contribution in [3.8, 4) is 0 Å². The Kier molecular flexibility index (Phi) is 4.73. The number of hydrogen-bond donors (Lipinski definition) is 2. The van der Waals surface area contributed by atoms with Crippen molar-refractivity contribution >= 4 is 40.9 Å². The van der Waals surface area contributed by atoms with Crippen molar-refractivity contribution < 1.29 is 14.7 Å². The molecule has 0 saturated carbocycles. The number of carbonyl (C=O) groups excluding carboxylic acids is 1. The molecule has 2 N–H and O–H groups in total. The molecule has 5 nitrogen and oxygen atoms in total. The van der Waals surface area contributed by atoms with Crippen LogP contribution in [0.1, 0.15) is 12.8 Å². The van der Waals surface area contributed by atoms with Gasteiger partial charge >= 0.3 is 12.0 Å². The number of carboxylic acids is 1. The number of carboxylic acid groups (broad SMARTS) is 1. The minimum atomic E-state index is -0.800. The Bertz CT molecular complexity index is 528. The molecule has 1 aromatic rings. The third kappa shape index (κ3) is 3.55. The van der Waals surface area contributed by atoms with Crippen LogP contribution in [-0.4, -0.2) is 35.1 Å². The zero-order valence-electron chi connectivity index (χ0n) is 10.6. The Morgan fingerprint density at radius 2 is 1.90 bits per heavy atom. The van der Waals surface area contributed by atoms with Crippen molar-refractivity contribution in [1.29, 1.82) is 0 Å². The SMILES string of the molecule is O=C(O)C1CCN(C(=O)Nc2ccc(Cl)cc2Cl)CC1. The number of nitrogens with zero attached hydrogens (tertiary/aromatic N) is 1. The summed E-state index contributed by atoms with van der Waals surface area (Å²) >= 11 is 11.8. The van der Waals surface area contributed by atoms with Crippen molar-refractivity contribution in [3.05, 3.63) is 28.2 Å². The molecule has 0 aliphatic carbocycles. The second-order valence-electron chi connectivity index (χ2n) is 4.65. The number of benzene rings is 1. The van der Waals surface area contributed by atoms with E-state index in [1.165, 1.54) is 0 Å². The van der Waals surface area contributed by atoms with E-state index in [1.54, 1.807) is 23.1 Å². The highest BCUT2D eigenvalue weighted by atomic mass is 35.5. The Labute approximate surface area is 126 Å². The summed E-state index contributed by atoms with van der Waals surface area (Å²) in [6.45, 7) is 0.849. The number of nitrogens with one attached hydrogen (secondary N) is 1. The molecular formula is C13H14Cl2N2O3. The van der Waals surface area contributed by atoms with Crippen LogP contribution in [0.25, 0.3) is 0 Å². The van der Waals surface area contributed by atoms with Gasteiger partial charge in [0.05, 0.1) is 16.6 Å². The van der Waals surface area contributed by atoms with E-state index >= 15 is 0 Å². The predicted octanol–water partition coefficient (Wildman–Crippen LogP) is 3.32. The van der Waals surface area contributed by atoms with E-state index in [1.807, 2.05) is 0 Å². The van der Waals surface area contributed by atoms with E-state index in [4.69, 9.17) is 28.3 Å². The molecule has 2 amide bonds.